The largest absolute Gasteiger partial charge is 0.416 e. The van der Waals surface area contributed by atoms with E-state index in [1.165, 1.54) is 12.1 Å². The monoisotopic (exact) mass is 332 g/mol. The lowest BCUT2D eigenvalue weighted by molar-refractivity contribution is -0.137. The zero-order valence-corrected chi connectivity index (χ0v) is 13.4. The maximum atomic E-state index is 12.7. The van der Waals surface area contributed by atoms with Gasteiger partial charge in [0.2, 0.25) is 0 Å². The molecular formula is C16H23F3N2O2. The SMILES string of the molecule is CC(NC(=O)NC(CCO)C(C)C)c1cccc(C(F)(F)F)c1. The molecule has 3 N–H and O–H groups in total. The normalized spacial score (nSPS) is 14.4. The minimum Gasteiger partial charge on any atom is -0.396 e. The number of alkyl halides is 3. The molecule has 7 heteroatoms. The Hall–Kier alpha value is -1.76. The van der Waals surface area contributed by atoms with E-state index < -0.39 is 23.8 Å². The van der Waals surface area contributed by atoms with Gasteiger partial charge in [-0.05, 0) is 37.0 Å². The van der Waals surface area contributed by atoms with Crippen molar-refractivity contribution in [3.63, 3.8) is 0 Å². The zero-order chi connectivity index (χ0) is 17.6. The van der Waals surface area contributed by atoms with Crippen molar-refractivity contribution in [2.75, 3.05) is 6.61 Å². The summed E-state index contributed by atoms with van der Waals surface area (Å²) in [5, 5.41) is 14.3. The van der Waals surface area contributed by atoms with Crippen molar-refractivity contribution in [3.8, 4) is 0 Å². The molecule has 1 aromatic carbocycles. The van der Waals surface area contributed by atoms with Crippen LogP contribution < -0.4 is 10.6 Å². The molecule has 1 rings (SSSR count). The van der Waals surface area contributed by atoms with Gasteiger partial charge >= 0.3 is 12.2 Å². The molecule has 2 amide bonds. The van der Waals surface area contributed by atoms with E-state index in [-0.39, 0.29) is 18.6 Å². The minimum atomic E-state index is -4.41. The number of urea groups is 1. The van der Waals surface area contributed by atoms with E-state index in [4.69, 9.17) is 5.11 Å². The van der Waals surface area contributed by atoms with Crippen molar-refractivity contribution in [3.05, 3.63) is 35.4 Å². The van der Waals surface area contributed by atoms with E-state index in [9.17, 15) is 18.0 Å². The van der Waals surface area contributed by atoms with Crippen molar-refractivity contribution in [2.24, 2.45) is 5.92 Å². The Labute approximate surface area is 134 Å². The zero-order valence-electron chi connectivity index (χ0n) is 13.4. The molecule has 0 aliphatic carbocycles. The van der Waals surface area contributed by atoms with Gasteiger partial charge in [-0.1, -0.05) is 26.0 Å². The first-order chi connectivity index (χ1) is 10.6. The topological polar surface area (TPSA) is 61.4 Å². The van der Waals surface area contributed by atoms with Gasteiger partial charge in [-0.3, -0.25) is 0 Å². The van der Waals surface area contributed by atoms with Crippen LogP contribution in [0.25, 0.3) is 0 Å². The Bertz CT molecular complexity index is 518. The number of hydrogen-bond donors (Lipinski definition) is 3. The summed E-state index contributed by atoms with van der Waals surface area (Å²) in [6.07, 6.45) is -4.00. The van der Waals surface area contributed by atoms with Crippen LogP contribution in [0.2, 0.25) is 0 Å². The van der Waals surface area contributed by atoms with Crippen molar-refractivity contribution < 1.29 is 23.1 Å². The van der Waals surface area contributed by atoms with Gasteiger partial charge in [-0.25, -0.2) is 4.79 Å². The molecule has 0 saturated heterocycles. The third kappa shape index (κ3) is 6.09. The molecule has 0 aromatic heterocycles. The standard InChI is InChI=1S/C16H23F3N2O2/c1-10(2)14(7-8-22)21-15(23)20-11(3)12-5-4-6-13(9-12)16(17,18)19/h4-6,9-11,14,22H,7-8H2,1-3H3,(H2,20,21,23). The Morgan fingerprint density at radius 2 is 1.87 bits per heavy atom. The summed E-state index contributed by atoms with van der Waals surface area (Å²) >= 11 is 0. The van der Waals surface area contributed by atoms with Gasteiger partial charge in [-0.2, -0.15) is 13.2 Å². The molecule has 4 nitrogen and oxygen atoms in total. The number of carbonyl (C=O) groups excluding carboxylic acids is 1. The van der Waals surface area contributed by atoms with Crippen LogP contribution in [0.15, 0.2) is 24.3 Å². The molecule has 0 aliphatic rings. The van der Waals surface area contributed by atoms with Crippen molar-refractivity contribution in [1.29, 1.82) is 0 Å². The number of benzene rings is 1. The molecule has 0 saturated carbocycles. The predicted molar refractivity (Wildman–Crippen MR) is 81.9 cm³/mol. The first kappa shape index (κ1) is 19.3. The lowest BCUT2D eigenvalue weighted by atomic mass is 10.0. The van der Waals surface area contributed by atoms with Crippen LogP contribution in [-0.4, -0.2) is 23.8 Å². The molecule has 0 fully saturated rings. The summed E-state index contributed by atoms with van der Waals surface area (Å²) in [6, 6.07) is 3.63. The number of amides is 2. The highest BCUT2D eigenvalue weighted by Crippen LogP contribution is 2.30. The summed E-state index contributed by atoms with van der Waals surface area (Å²) in [4.78, 5) is 12.0. The molecule has 0 aliphatic heterocycles. The number of nitrogens with one attached hydrogen (secondary N) is 2. The van der Waals surface area contributed by atoms with Crippen LogP contribution in [0, 0.1) is 5.92 Å². The summed E-state index contributed by atoms with van der Waals surface area (Å²) in [5.41, 5.74) is -0.373. The van der Waals surface area contributed by atoms with Crippen molar-refractivity contribution >= 4 is 6.03 Å². The molecule has 23 heavy (non-hydrogen) atoms. The average molecular weight is 332 g/mol. The first-order valence-corrected chi connectivity index (χ1v) is 7.50. The molecule has 0 bridgehead atoms. The Kier molecular flexibility index (Phi) is 6.87. The number of aliphatic hydroxyl groups excluding tert-OH is 1. The van der Waals surface area contributed by atoms with Crippen LogP contribution in [-0.2, 0) is 6.18 Å². The maximum absolute atomic E-state index is 12.7. The fourth-order valence-corrected chi connectivity index (χ4v) is 2.19. The second-order valence-corrected chi connectivity index (χ2v) is 5.83. The third-order valence-corrected chi connectivity index (χ3v) is 3.62. The fraction of sp³-hybridized carbons (Fsp3) is 0.562. The van der Waals surface area contributed by atoms with Gasteiger partial charge < -0.3 is 15.7 Å². The number of hydrogen-bond acceptors (Lipinski definition) is 2. The van der Waals surface area contributed by atoms with Crippen LogP contribution in [0.4, 0.5) is 18.0 Å². The second kappa shape index (κ2) is 8.19. The Morgan fingerprint density at radius 3 is 2.39 bits per heavy atom. The lowest BCUT2D eigenvalue weighted by Gasteiger charge is -2.23. The Morgan fingerprint density at radius 1 is 1.22 bits per heavy atom. The summed E-state index contributed by atoms with van der Waals surface area (Å²) in [7, 11) is 0. The van der Waals surface area contributed by atoms with Crippen LogP contribution in [0.1, 0.15) is 44.4 Å². The van der Waals surface area contributed by atoms with Gasteiger partial charge in [0.25, 0.3) is 0 Å². The van der Waals surface area contributed by atoms with E-state index in [1.807, 2.05) is 13.8 Å². The minimum absolute atomic E-state index is 0.0493. The molecule has 0 spiro atoms. The van der Waals surface area contributed by atoms with E-state index in [0.717, 1.165) is 12.1 Å². The number of carbonyl (C=O) groups is 1. The van der Waals surface area contributed by atoms with Crippen molar-refractivity contribution in [1.82, 2.24) is 10.6 Å². The van der Waals surface area contributed by atoms with E-state index >= 15 is 0 Å². The Balaban J connectivity index is 2.72. The fourth-order valence-electron chi connectivity index (χ4n) is 2.19. The summed E-state index contributed by atoms with van der Waals surface area (Å²) < 4.78 is 38.1. The maximum Gasteiger partial charge on any atom is 0.416 e. The number of halogens is 3. The lowest BCUT2D eigenvalue weighted by Crippen LogP contribution is -2.45. The molecule has 1 aromatic rings. The van der Waals surface area contributed by atoms with E-state index in [2.05, 4.69) is 10.6 Å². The average Bonchev–Trinajstić information content (AvgIpc) is 2.45. The summed E-state index contributed by atoms with van der Waals surface area (Å²) in [5.74, 6) is 0.136. The van der Waals surface area contributed by atoms with Gasteiger partial charge in [0, 0.05) is 12.6 Å². The molecule has 2 unspecified atom stereocenters. The van der Waals surface area contributed by atoms with Crippen molar-refractivity contribution in [2.45, 2.75) is 45.5 Å². The van der Waals surface area contributed by atoms with Gasteiger partial charge in [0.15, 0.2) is 0 Å². The molecule has 0 heterocycles. The third-order valence-electron chi connectivity index (χ3n) is 3.62. The number of aliphatic hydroxyl groups is 1. The summed E-state index contributed by atoms with van der Waals surface area (Å²) in [6.45, 7) is 5.39. The first-order valence-electron chi connectivity index (χ1n) is 7.50. The number of rotatable bonds is 6. The highest BCUT2D eigenvalue weighted by atomic mass is 19.4. The second-order valence-electron chi connectivity index (χ2n) is 5.83. The van der Waals surface area contributed by atoms with Crippen LogP contribution >= 0.6 is 0 Å². The van der Waals surface area contributed by atoms with E-state index in [0.29, 0.717) is 12.0 Å². The van der Waals surface area contributed by atoms with Crippen LogP contribution in [0.3, 0.4) is 0 Å². The highest BCUT2D eigenvalue weighted by molar-refractivity contribution is 5.74. The van der Waals surface area contributed by atoms with E-state index in [1.54, 1.807) is 6.92 Å². The predicted octanol–water partition coefficient (Wildman–Crippen LogP) is 3.47. The van der Waals surface area contributed by atoms with Gasteiger partial charge in [-0.15, -0.1) is 0 Å². The quantitative estimate of drug-likeness (QED) is 0.747. The van der Waals surface area contributed by atoms with Crippen LogP contribution in [0.5, 0.6) is 0 Å². The smallest absolute Gasteiger partial charge is 0.396 e. The van der Waals surface area contributed by atoms with Gasteiger partial charge in [0.05, 0.1) is 11.6 Å². The highest BCUT2D eigenvalue weighted by Gasteiger charge is 2.30. The molecule has 130 valence electrons. The molecule has 2 atom stereocenters. The molecule has 0 radical (unpaired) electrons. The molecular weight excluding hydrogens is 309 g/mol. The van der Waals surface area contributed by atoms with Gasteiger partial charge in [0.1, 0.15) is 0 Å².